The van der Waals surface area contributed by atoms with Crippen LogP contribution in [0, 0.1) is 14.9 Å². The van der Waals surface area contributed by atoms with Gasteiger partial charge in [0.2, 0.25) is 0 Å². The van der Waals surface area contributed by atoms with E-state index >= 15 is 0 Å². The third-order valence-corrected chi connectivity index (χ3v) is 6.48. The zero-order valence-electron chi connectivity index (χ0n) is 19.5. The van der Waals surface area contributed by atoms with E-state index in [-0.39, 0.29) is 5.57 Å². The molecule has 0 bridgehead atoms. The molecule has 0 aliphatic heterocycles. The first-order chi connectivity index (χ1) is 17.4. The summed E-state index contributed by atoms with van der Waals surface area (Å²) < 4.78 is 18.3. The summed E-state index contributed by atoms with van der Waals surface area (Å²) >= 11 is 5.67. The van der Waals surface area contributed by atoms with Crippen LogP contribution in [0.4, 0.5) is 5.69 Å². The monoisotopic (exact) mass is 660 g/mol. The molecule has 0 unspecified atom stereocenters. The van der Waals surface area contributed by atoms with Gasteiger partial charge in [-0.05, 0) is 83.6 Å². The van der Waals surface area contributed by atoms with Gasteiger partial charge in [0, 0.05) is 15.7 Å². The molecule has 36 heavy (non-hydrogen) atoms. The van der Waals surface area contributed by atoms with E-state index in [9.17, 15) is 14.9 Å². The number of amides is 1. The molecule has 0 spiro atoms. The average molecular weight is 661 g/mol. The SMILES string of the molecule is CCOc1cc(/C=C(\C#N)C(=O)Nc2ccc(C(=O)OC)cc2)cc(I)c1OCc1ccccc1Br. The molecule has 1 N–H and O–H groups in total. The highest BCUT2D eigenvalue weighted by Crippen LogP contribution is 2.36. The van der Waals surface area contributed by atoms with Crippen LogP contribution in [-0.4, -0.2) is 25.6 Å². The molecule has 0 aliphatic carbocycles. The van der Waals surface area contributed by atoms with Gasteiger partial charge in [-0.3, -0.25) is 4.79 Å². The summed E-state index contributed by atoms with van der Waals surface area (Å²) in [5, 5.41) is 12.3. The molecule has 7 nitrogen and oxygen atoms in total. The number of nitrogens with zero attached hydrogens (tertiary/aromatic N) is 1. The van der Waals surface area contributed by atoms with Gasteiger partial charge in [-0.2, -0.15) is 5.26 Å². The van der Waals surface area contributed by atoms with Gasteiger partial charge in [-0.15, -0.1) is 0 Å². The van der Waals surface area contributed by atoms with Gasteiger partial charge in [0.25, 0.3) is 5.91 Å². The number of esters is 1. The molecule has 0 saturated heterocycles. The van der Waals surface area contributed by atoms with Crippen molar-refractivity contribution in [2.75, 3.05) is 19.0 Å². The van der Waals surface area contributed by atoms with Crippen molar-refractivity contribution in [3.05, 3.63) is 91.0 Å². The van der Waals surface area contributed by atoms with Gasteiger partial charge in [0.05, 0.1) is 22.9 Å². The van der Waals surface area contributed by atoms with Crippen molar-refractivity contribution in [1.29, 1.82) is 5.26 Å². The number of hydrogen-bond acceptors (Lipinski definition) is 6. The Morgan fingerprint density at radius 2 is 1.83 bits per heavy atom. The van der Waals surface area contributed by atoms with E-state index in [1.807, 2.05) is 43.3 Å². The zero-order chi connectivity index (χ0) is 26.1. The van der Waals surface area contributed by atoms with Crippen LogP contribution >= 0.6 is 38.5 Å². The van der Waals surface area contributed by atoms with E-state index < -0.39 is 11.9 Å². The highest BCUT2D eigenvalue weighted by Gasteiger charge is 2.15. The van der Waals surface area contributed by atoms with Crippen molar-refractivity contribution in [3.63, 3.8) is 0 Å². The second-order valence-electron chi connectivity index (χ2n) is 7.34. The normalized spacial score (nSPS) is 10.8. The van der Waals surface area contributed by atoms with Crippen LogP contribution in [0.15, 0.2) is 70.7 Å². The smallest absolute Gasteiger partial charge is 0.337 e. The summed E-state index contributed by atoms with van der Waals surface area (Å²) in [6, 6.07) is 19.5. The van der Waals surface area contributed by atoms with Crippen LogP contribution in [0.2, 0.25) is 0 Å². The highest BCUT2D eigenvalue weighted by atomic mass is 127. The number of halogens is 2. The number of nitrogens with one attached hydrogen (secondary N) is 1. The fourth-order valence-electron chi connectivity index (χ4n) is 3.16. The number of hydrogen-bond donors (Lipinski definition) is 1. The predicted octanol–water partition coefficient (Wildman–Crippen LogP) is 6.36. The van der Waals surface area contributed by atoms with Crippen molar-refractivity contribution in [1.82, 2.24) is 0 Å². The van der Waals surface area contributed by atoms with Gasteiger partial charge in [-0.1, -0.05) is 34.1 Å². The van der Waals surface area contributed by atoms with Gasteiger partial charge in [-0.25, -0.2) is 4.79 Å². The van der Waals surface area contributed by atoms with E-state index in [2.05, 4.69) is 48.6 Å². The summed E-state index contributed by atoms with van der Waals surface area (Å²) in [5.41, 5.74) is 2.31. The van der Waals surface area contributed by atoms with Crippen molar-refractivity contribution in [2.24, 2.45) is 0 Å². The van der Waals surface area contributed by atoms with Gasteiger partial charge in [0.15, 0.2) is 11.5 Å². The minimum atomic E-state index is -0.578. The fraction of sp³-hybridized carbons (Fsp3) is 0.148. The molecule has 0 fully saturated rings. The maximum Gasteiger partial charge on any atom is 0.337 e. The topological polar surface area (TPSA) is 97.7 Å². The third kappa shape index (κ3) is 7.08. The second kappa shape index (κ2) is 13.1. The number of rotatable bonds is 9. The Bertz CT molecular complexity index is 1330. The Morgan fingerprint density at radius 1 is 1.11 bits per heavy atom. The molecule has 0 aliphatic rings. The average Bonchev–Trinajstić information content (AvgIpc) is 2.87. The van der Waals surface area contributed by atoms with Crippen LogP contribution in [0.3, 0.4) is 0 Å². The lowest BCUT2D eigenvalue weighted by Gasteiger charge is -2.15. The summed E-state index contributed by atoms with van der Waals surface area (Å²) in [4.78, 5) is 24.3. The number of carbonyl (C=O) groups excluding carboxylic acids is 2. The van der Waals surface area contributed by atoms with Crippen LogP contribution in [-0.2, 0) is 16.1 Å². The minimum absolute atomic E-state index is 0.0906. The molecule has 3 rings (SSSR count). The molecular formula is C27H22BrIN2O5. The Labute approximate surface area is 231 Å². The first kappa shape index (κ1) is 27.2. The highest BCUT2D eigenvalue weighted by molar-refractivity contribution is 14.1. The Kier molecular flexibility index (Phi) is 9.90. The summed E-state index contributed by atoms with van der Waals surface area (Å²) in [7, 11) is 1.29. The Morgan fingerprint density at radius 3 is 2.47 bits per heavy atom. The first-order valence-electron chi connectivity index (χ1n) is 10.8. The molecule has 9 heteroatoms. The molecule has 0 atom stereocenters. The molecule has 0 aromatic heterocycles. The van der Waals surface area contributed by atoms with Crippen LogP contribution < -0.4 is 14.8 Å². The quantitative estimate of drug-likeness (QED) is 0.124. The van der Waals surface area contributed by atoms with Crippen molar-refractivity contribution < 1.29 is 23.8 Å². The van der Waals surface area contributed by atoms with E-state index in [0.717, 1.165) is 13.6 Å². The van der Waals surface area contributed by atoms with E-state index in [1.54, 1.807) is 18.2 Å². The molecule has 3 aromatic rings. The second-order valence-corrected chi connectivity index (χ2v) is 9.35. The lowest BCUT2D eigenvalue weighted by molar-refractivity contribution is -0.112. The number of carbonyl (C=O) groups is 2. The standard InChI is InChI=1S/C27H22BrIN2O5/c1-3-35-24-14-17(13-23(29)25(24)36-16-19-6-4-5-7-22(19)28)12-20(15-30)26(32)31-21-10-8-18(9-11-21)27(33)34-2/h4-14H,3,16H2,1-2H3,(H,31,32)/b20-12+. The van der Waals surface area contributed by atoms with Crippen LogP contribution in [0.25, 0.3) is 6.08 Å². The number of methoxy groups -OCH3 is 1. The van der Waals surface area contributed by atoms with Crippen LogP contribution in [0.1, 0.15) is 28.4 Å². The predicted molar refractivity (Wildman–Crippen MR) is 149 cm³/mol. The number of nitriles is 1. The van der Waals surface area contributed by atoms with Crippen LogP contribution in [0.5, 0.6) is 11.5 Å². The lowest BCUT2D eigenvalue weighted by atomic mass is 10.1. The number of ether oxygens (including phenoxy) is 3. The lowest BCUT2D eigenvalue weighted by Crippen LogP contribution is -2.13. The Balaban J connectivity index is 1.82. The number of benzene rings is 3. The molecular weight excluding hydrogens is 639 g/mol. The number of anilines is 1. The van der Waals surface area contributed by atoms with E-state index in [0.29, 0.717) is 41.5 Å². The molecule has 184 valence electrons. The van der Waals surface area contributed by atoms with Crippen molar-refractivity contribution >= 4 is 62.2 Å². The van der Waals surface area contributed by atoms with Crippen molar-refractivity contribution in [3.8, 4) is 17.6 Å². The molecule has 0 heterocycles. The molecule has 3 aromatic carbocycles. The summed E-state index contributed by atoms with van der Waals surface area (Å²) in [6.07, 6.45) is 1.49. The zero-order valence-corrected chi connectivity index (χ0v) is 23.3. The van der Waals surface area contributed by atoms with Crippen molar-refractivity contribution in [2.45, 2.75) is 13.5 Å². The van der Waals surface area contributed by atoms with Gasteiger partial charge in [0.1, 0.15) is 18.2 Å². The molecule has 1 amide bonds. The maximum absolute atomic E-state index is 12.7. The minimum Gasteiger partial charge on any atom is -0.490 e. The third-order valence-electron chi connectivity index (χ3n) is 4.90. The molecule has 0 radical (unpaired) electrons. The summed E-state index contributed by atoms with van der Waals surface area (Å²) in [5.74, 6) is 0.0392. The first-order valence-corrected chi connectivity index (χ1v) is 12.7. The largest absolute Gasteiger partial charge is 0.490 e. The maximum atomic E-state index is 12.7. The van der Waals surface area contributed by atoms with Gasteiger partial charge >= 0.3 is 5.97 Å². The fourth-order valence-corrected chi connectivity index (χ4v) is 4.34. The van der Waals surface area contributed by atoms with E-state index in [4.69, 9.17) is 9.47 Å². The van der Waals surface area contributed by atoms with E-state index in [1.165, 1.54) is 25.3 Å². The summed E-state index contributed by atoms with van der Waals surface area (Å²) in [6.45, 7) is 2.63. The Hall–Kier alpha value is -3.36. The van der Waals surface area contributed by atoms with Gasteiger partial charge < -0.3 is 19.5 Å². The molecule has 0 saturated carbocycles.